The number of nitrogens with two attached hydrogens (primary N) is 1. The van der Waals surface area contributed by atoms with Crippen molar-refractivity contribution in [1.29, 1.82) is 0 Å². The molecule has 0 aliphatic rings. The van der Waals surface area contributed by atoms with Gasteiger partial charge < -0.3 is 35.4 Å². The molecule has 0 saturated carbocycles. The van der Waals surface area contributed by atoms with E-state index in [9.17, 15) is 34.4 Å². The van der Waals surface area contributed by atoms with Gasteiger partial charge in [-0.3, -0.25) is 18.6 Å². The molecule has 0 aliphatic heterocycles. The third-order valence-corrected chi connectivity index (χ3v) is 8.90. The highest BCUT2D eigenvalue weighted by atomic mass is 31.2. The highest BCUT2D eigenvalue weighted by Crippen LogP contribution is 2.43. The maximum atomic E-state index is 12.6. The van der Waals surface area contributed by atoms with Crippen LogP contribution in [0.3, 0.4) is 0 Å². The van der Waals surface area contributed by atoms with Crippen molar-refractivity contribution in [3.8, 4) is 0 Å². The number of allylic oxidation sites excluding steroid dienone is 9. The summed E-state index contributed by atoms with van der Waals surface area (Å²) in [6.45, 7) is 3.07. The van der Waals surface area contributed by atoms with Crippen molar-refractivity contribution >= 4 is 19.8 Å². The second-order valence-electron chi connectivity index (χ2n) is 13.0. The van der Waals surface area contributed by atoms with Gasteiger partial charge in [0.05, 0.1) is 31.5 Å². The molecule has 0 spiro atoms. The molecule has 12 nitrogen and oxygen atoms in total. The summed E-state index contributed by atoms with van der Waals surface area (Å²) >= 11 is 0. The molecule has 0 bridgehead atoms. The number of esters is 2. The van der Waals surface area contributed by atoms with Gasteiger partial charge in [-0.25, -0.2) is 4.57 Å². The lowest BCUT2D eigenvalue weighted by molar-refractivity contribution is -0.161. The van der Waals surface area contributed by atoms with E-state index in [0.29, 0.717) is 12.8 Å². The van der Waals surface area contributed by atoms with Gasteiger partial charge in [0, 0.05) is 19.4 Å². The van der Waals surface area contributed by atoms with Crippen LogP contribution >= 0.6 is 7.82 Å². The Kier molecular flexibility index (Phi) is 34.2. The molecule has 0 aliphatic carbocycles. The van der Waals surface area contributed by atoms with Gasteiger partial charge in [0.2, 0.25) is 0 Å². The second-order valence-corrected chi connectivity index (χ2v) is 14.4. The van der Waals surface area contributed by atoms with Crippen LogP contribution in [-0.4, -0.2) is 82.9 Å². The molecule has 6 N–H and O–H groups in total. The van der Waals surface area contributed by atoms with Gasteiger partial charge >= 0.3 is 19.8 Å². The lowest BCUT2D eigenvalue weighted by atomic mass is 10.1. The number of aliphatic hydroxyl groups excluding tert-OH is 3. The van der Waals surface area contributed by atoms with Gasteiger partial charge in [-0.05, 0) is 57.8 Å². The first-order valence-corrected chi connectivity index (χ1v) is 21.2. The van der Waals surface area contributed by atoms with Crippen molar-refractivity contribution in [2.45, 2.75) is 147 Å². The first-order chi connectivity index (χ1) is 26.0. The Labute approximate surface area is 324 Å². The number of ether oxygens (including phenoxy) is 2. The molecule has 0 amide bonds. The molecule has 310 valence electrons. The Hall–Kier alpha value is -2.67. The average Bonchev–Trinajstić information content (AvgIpc) is 3.14. The lowest BCUT2D eigenvalue weighted by Crippen LogP contribution is -2.30. The van der Waals surface area contributed by atoms with E-state index in [-0.39, 0.29) is 45.4 Å². The standard InChI is InChI=1S/C41H70NO11P/c1-3-5-7-8-9-10-11-12-13-14-15-20-24-30-40(46)50-34-37(35-52-54(48,49)51-33-32-42)53-41(47)31-25-29-39(45)38(44)28-23-19-17-16-18-22-27-36(43)26-21-6-4-2/h6,10-11,16-19,21-23,27-28,36-39,43-45H,3-5,7-9,12-15,20,24-26,29-35,42H2,1-2H3,(H,48,49)/b11-10-,18-16+,19-17-,21-6-,27-22+,28-23-/t36-,37+,38+,39+/m0/s1. The zero-order valence-corrected chi connectivity index (χ0v) is 33.7. The van der Waals surface area contributed by atoms with Crippen molar-refractivity contribution in [1.82, 2.24) is 0 Å². The zero-order valence-electron chi connectivity index (χ0n) is 32.8. The Balaban J connectivity index is 4.61. The van der Waals surface area contributed by atoms with Crippen LogP contribution in [-0.2, 0) is 32.7 Å². The van der Waals surface area contributed by atoms with Crippen molar-refractivity contribution in [3.63, 3.8) is 0 Å². The molecule has 1 unspecified atom stereocenters. The molecule has 0 aromatic carbocycles. The van der Waals surface area contributed by atoms with Gasteiger partial charge in [0.15, 0.2) is 6.10 Å². The predicted octanol–water partition coefficient (Wildman–Crippen LogP) is 7.63. The number of hydrogen-bond acceptors (Lipinski definition) is 11. The Morgan fingerprint density at radius 2 is 1.31 bits per heavy atom. The van der Waals surface area contributed by atoms with Crippen LogP contribution < -0.4 is 5.73 Å². The van der Waals surface area contributed by atoms with Crippen LogP contribution in [0.1, 0.15) is 123 Å². The molecule has 54 heavy (non-hydrogen) atoms. The Morgan fingerprint density at radius 1 is 0.704 bits per heavy atom. The van der Waals surface area contributed by atoms with E-state index in [0.717, 1.165) is 44.9 Å². The summed E-state index contributed by atoms with van der Waals surface area (Å²) < 4.78 is 32.4. The largest absolute Gasteiger partial charge is 0.472 e. The van der Waals surface area contributed by atoms with Crippen LogP contribution in [0.2, 0.25) is 0 Å². The van der Waals surface area contributed by atoms with E-state index in [1.807, 2.05) is 19.1 Å². The number of hydrogen-bond donors (Lipinski definition) is 5. The van der Waals surface area contributed by atoms with Crippen molar-refractivity contribution in [2.24, 2.45) is 5.73 Å². The quantitative estimate of drug-likeness (QED) is 0.0139. The van der Waals surface area contributed by atoms with Crippen LogP contribution in [0.25, 0.3) is 0 Å². The smallest absolute Gasteiger partial charge is 0.462 e. The minimum atomic E-state index is -4.48. The molecule has 13 heteroatoms. The van der Waals surface area contributed by atoms with Gasteiger partial charge in [-0.15, -0.1) is 0 Å². The van der Waals surface area contributed by atoms with Crippen molar-refractivity contribution in [3.05, 3.63) is 72.9 Å². The Morgan fingerprint density at radius 3 is 1.98 bits per heavy atom. The first-order valence-electron chi connectivity index (χ1n) is 19.7. The number of rotatable bonds is 35. The lowest BCUT2D eigenvalue weighted by Gasteiger charge is -2.20. The number of carbonyl (C=O) groups is 2. The van der Waals surface area contributed by atoms with Crippen LogP contribution in [0.15, 0.2) is 72.9 Å². The van der Waals surface area contributed by atoms with E-state index < -0.39 is 50.8 Å². The van der Waals surface area contributed by atoms with E-state index >= 15 is 0 Å². The molecule has 0 fully saturated rings. The summed E-state index contributed by atoms with van der Waals surface area (Å²) in [6, 6.07) is 0. The zero-order chi connectivity index (χ0) is 40.1. The fourth-order valence-electron chi connectivity index (χ4n) is 4.85. The molecule has 0 radical (unpaired) electrons. The maximum Gasteiger partial charge on any atom is 0.472 e. The van der Waals surface area contributed by atoms with Gasteiger partial charge in [0.1, 0.15) is 6.61 Å². The summed E-state index contributed by atoms with van der Waals surface area (Å²) in [7, 11) is -4.48. The monoisotopic (exact) mass is 783 g/mol. The van der Waals surface area contributed by atoms with Crippen LogP contribution in [0.4, 0.5) is 0 Å². The topological polar surface area (TPSA) is 195 Å². The molecule has 5 atom stereocenters. The van der Waals surface area contributed by atoms with Gasteiger partial charge in [-0.1, -0.05) is 125 Å². The van der Waals surface area contributed by atoms with E-state index in [1.165, 1.54) is 31.8 Å². The fourth-order valence-corrected chi connectivity index (χ4v) is 5.62. The normalized spacial score (nSPS) is 15.9. The SMILES string of the molecule is CC/C=C\C[C@H](O)/C=C/C=C/C=C\C=C/[C@@H](O)[C@H](O)CCCC(=O)O[C@H](COC(=O)CCCCCCC/C=C\CCCCCC)COP(=O)(O)OCCN. The van der Waals surface area contributed by atoms with Gasteiger partial charge in [-0.2, -0.15) is 0 Å². The minimum Gasteiger partial charge on any atom is -0.462 e. The maximum absolute atomic E-state index is 12.6. The highest BCUT2D eigenvalue weighted by molar-refractivity contribution is 7.47. The second kappa shape index (κ2) is 36.0. The van der Waals surface area contributed by atoms with Crippen LogP contribution in [0.5, 0.6) is 0 Å². The number of phosphoric ester groups is 1. The minimum absolute atomic E-state index is 0.00731. The van der Waals surface area contributed by atoms with E-state index in [4.69, 9.17) is 24.3 Å². The number of phosphoric acid groups is 1. The molecule has 0 aromatic rings. The summed E-state index contributed by atoms with van der Waals surface area (Å²) in [6.07, 6.45) is 31.7. The van der Waals surface area contributed by atoms with Crippen molar-refractivity contribution in [2.75, 3.05) is 26.4 Å². The summed E-state index contributed by atoms with van der Waals surface area (Å²) in [4.78, 5) is 34.8. The molecular weight excluding hydrogens is 713 g/mol. The number of carbonyl (C=O) groups excluding carboxylic acids is 2. The highest BCUT2D eigenvalue weighted by Gasteiger charge is 2.26. The molecule has 0 aromatic heterocycles. The fraction of sp³-hybridized carbons (Fsp3) is 0.659. The molecule has 0 heterocycles. The third kappa shape index (κ3) is 33.9. The number of aliphatic hydroxyl groups is 3. The summed E-state index contributed by atoms with van der Waals surface area (Å²) in [5.41, 5.74) is 5.31. The summed E-state index contributed by atoms with van der Waals surface area (Å²) in [5.74, 6) is -1.18. The van der Waals surface area contributed by atoms with Gasteiger partial charge in [0.25, 0.3) is 0 Å². The molecule has 0 saturated heterocycles. The number of unbranched alkanes of at least 4 members (excludes halogenated alkanes) is 9. The predicted molar refractivity (Wildman–Crippen MR) is 214 cm³/mol. The summed E-state index contributed by atoms with van der Waals surface area (Å²) in [5, 5.41) is 30.4. The molecular formula is C41H70NO11P. The Bertz CT molecular complexity index is 1170. The average molecular weight is 784 g/mol. The van der Waals surface area contributed by atoms with Crippen molar-refractivity contribution < 1.29 is 52.9 Å². The van der Waals surface area contributed by atoms with Crippen LogP contribution in [0, 0.1) is 0 Å². The van der Waals surface area contributed by atoms with E-state index in [2.05, 4.69) is 19.1 Å². The first kappa shape index (κ1) is 51.3. The third-order valence-electron chi connectivity index (χ3n) is 7.92. The van der Waals surface area contributed by atoms with E-state index in [1.54, 1.807) is 42.5 Å². The molecule has 0 rings (SSSR count).